The topological polar surface area (TPSA) is 12.9 Å². The van der Waals surface area contributed by atoms with Crippen LogP contribution in [0, 0.1) is 12.0 Å². The van der Waals surface area contributed by atoms with Crippen molar-refractivity contribution in [1.29, 1.82) is 0 Å². The van der Waals surface area contributed by atoms with Gasteiger partial charge in [-0.05, 0) is 69.8 Å². The van der Waals surface area contributed by atoms with Gasteiger partial charge in [-0.3, -0.25) is 0 Å². The summed E-state index contributed by atoms with van der Waals surface area (Å²) in [6.07, 6.45) is 6.65. The van der Waals surface area contributed by atoms with Crippen molar-refractivity contribution >= 4 is 0 Å². The maximum absolute atomic E-state index is 4.91. The second-order valence-corrected chi connectivity index (χ2v) is 10.7. The molecule has 1 nitrogen and oxygen atoms in total. The summed E-state index contributed by atoms with van der Waals surface area (Å²) < 4.78 is 0. The standard InChI is InChI=1S/C34H34N.Ir/c1-5-10-23(4)25-15-17-27-26-16-14-24(19-22(3)6-2)20-31(26)34(32(27)21-25)29-12-8-7-11-28(29)33-30(34)13-9-18-35-33;/h7-9,12-18,20-23H,5-6,10,19H2,1-4H3;/q-1;. The molecule has 0 N–H and O–H groups in total. The minimum Gasteiger partial charge on any atom is -0.304 e. The van der Waals surface area contributed by atoms with Crippen LogP contribution in [0.25, 0.3) is 22.4 Å². The maximum atomic E-state index is 4.91. The molecule has 2 heteroatoms. The van der Waals surface area contributed by atoms with E-state index >= 15 is 0 Å². The molecule has 1 spiro atoms. The van der Waals surface area contributed by atoms with E-state index in [4.69, 9.17) is 4.98 Å². The second kappa shape index (κ2) is 9.73. The minimum absolute atomic E-state index is 0. The molecule has 2 aliphatic rings. The third kappa shape index (κ3) is 3.57. The van der Waals surface area contributed by atoms with Gasteiger partial charge in [0, 0.05) is 31.7 Å². The van der Waals surface area contributed by atoms with Crippen molar-refractivity contribution in [3.8, 4) is 22.4 Å². The van der Waals surface area contributed by atoms with E-state index < -0.39 is 0 Å². The van der Waals surface area contributed by atoms with E-state index in [2.05, 4.69) is 94.4 Å². The number of aromatic nitrogens is 1. The van der Waals surface area contributed by atoms with E-state index in [9.17, 15) is 0 Å². The Morgan fingerprint density at radius 1 is 0.861 bits per heavy atom. The summed E-state index contributed by atoms with van der Waals surface area (Å²) >= 11 is 0. The third-order valence-electron chi connectivity index (χ3n) is 8.51. The van der Waals surface area contributed by atoms with Gasteiger partial charge in [0.2, 0.25) is 0 Å². The van der Waals surface area contributed by atoms with E-state index in [0.29, 0.717) is 11.8 Å². The average Bonchev–Trinajstić information content (AvgIpc) is 3.35. The molecule has 0 fully saturated rings. The summed E-state index contributed by atoms with van der Waals surface area (Å²) in [4.78, 5) is 4.91. The molecule has 2 aliphatic carbocycles. The summed E-state index contributed by atoms with van der Waals surface area (Å²) in [6.45, 7) is 9.30. The van der Waals surface area contributed by atoms with E-state index in [1.807, 2.05) is 12.3 Å². The van der Waals surface area contributed by atoms with Crippen LogP contribution in [-0.4, -0.2) is 4.98 Å². The Balaban J connectivity index is 0.00000267. The number of benzene rings is 3. The molecule has 3 unspecified atom stereocenters. The summed E-state index contributed by atoms with van der Waals surface area (Å²) in [5.41, 5.74) is 13.0. The Morgan fingerprint density at radius 2 is 1.61 bits per heavy atom. The van der Waals surface area contributed by atoms with Gasteiger partial charge in [-0.15, -0.1) is 35.4 Å². The van der Waals surface area contributed by atoms with Crippen molar-refractivity contribution in [2.75, 3.05) is 0 Å². The molecule has 0 aliphatic heterocycles. The van der Waals surface area contributed by atoms with Crippen molar-refractivity contribution in [2.45, 2.75) is 64.7 Å². The fourth-order valence-corrected chi connectivity index (χ4v) is 6.55. The van der Waals surface area contributed by atoms with E-state index in [1.165, 1.54) is 63.8 Å². The van der Waals surface area contributed by atoms with Gasteiger partial charge in [0.15, 0.2) is 0 Å². The number of hydrogen-bond donors (Lipinski definition) is 0. The van der Waals surface area contributed by atoms with Gasteiger partial charge in [0.1, 0.15) is 0 Å². The van der Waals surface area contributed by atoms with Crippen molar-refractivity contribution < 1.29 is 20.1 Å². The molecule has 0 saturated heterocycles. The van der Waals surface area contributed by atoms with Crippen molar-refractivity contribution in [2.24, 2.45) is 5.92 Å². The maximum Gasteiger partial charge on any atom is 0.0314 e. The molecule has 6 rings (SSSR count). The van der Waals surface area contributed by atoms with Gasteiger partial charge in [-0.25, -0.2) is 0 Å². The predicted octanol–water partition coefficient (Wildman–Crippen LogP) is 8.71. The van der Waals surface area contributed by atoms with Crippen LogP contribution in [0.15, 0.2) is 72.9 Å². The third-order valence-corrected chi connectivity index (χ3v) is 8.51. The molecule has 1 heterocycles. The van der Waals surface area contributed by atoms with Gasteiger partial charge >= 0.3 is 0 Å². The molecule has 36 heavy (non-hydrogen) atoms. The molecule has 4 aromatic rings. The molecule has 3 atom stereocenters. The first kappa shape index (κ1) is 25.1. The monoisotopic (exact) mass is 649 g/mol. The minimum atomic E-state index is -0.325. The van der Waals surface area contributed by atoms with Crippen LogP contribution in [0.1, 0.15) is 86.3 Å². The molecular formula is C34H34IrN-. The van der Waals surface area contributed by atoms with Crippen LogP contribution >= 0.6 is 0 Å². The molecule has 1 aromatic heterocycles. The molecular weight excluding hydrogens is 615 g/mol. The van der Waals surface area contributed by atoms with E-state index in [-0.39, 0.29) is 25.5 Å². The molecule has 0 saturated carbocycles. The van der Waals surface area contributed by atoms with Crippen LogP contribution in [0.3, 0.4) is 0 Å². The molecule has 3 aromatic carbocycles. The zero-order chi connectivity index (χ0) is 24.2. The largest absolute Gasteiger partial charge is 0.304 e. The Hall–Kier alpha value is -2.54. The van der Waals surface area contributed by atoms with Crippen molar-refractivity contribution in [1.82, 2.24) is 4.98 Å². The fourth-order valence-electron chi connectivity index (χ4n) is 6.55. The van der Waals surface area contributed by atoms with E-state index in [1.54, 1.807) is 0 Å². The first-order valence-electron chi connectivity index (χ1n) is 13.3. The molecule has 185 valence electrons. The summed E-state index contributed by atoms with van der Waals surface area (Å²) in [7, 11) is 0. The fraction of sp³-hybridized carbons (Fsp3) is 0.324. The number of nitrogens with zero attached hydrogens (tertiary/aromatic N) is 1. The summed E-state index contributed by atoms with van der Waals surface area (Å²) in [5.74, 6) is 1.22. The Labute approximate surface area is 229 Å². The van der Waals surface area contributed by atoms with Crippen LogP contribution in [-0.2, 0) is 31.9 Å². The van der Waals surface area contributed by atoms with Crippen LogP contribution in [0.5, 0.6) is 0 Å². The first-order chi connectivity index (χ1) is 17.1. The SMILES string of the molecule is CCCC(C)c1ccc2c(c1)C1(c3ccc[c-]c3-c3ncccc31)c1cc(CC(C)CC)ccc1-2.[Ir]. The van der Waals surface area contributed by atoms with Crippen molar-refractivity contribution in [3.05, 3.63) is 112 Å². The average molecular weight is 649 g/mol. The van der Waals surface area contributed by atoms with Gasteiger partial charge in [-0.1, -0.05) is 88.6 Å². The predicted molar refractivity (Wildman–Crippen MR) is 146 cm³/mol. The van der Waals surface area contributed by atoms with E-state index in [0.717, 1.165) is 17.7 Å². The van der Waals surface area contributed by atoms with Gasteiger partial charge in [0.25, 0.3) is 0 Å². The van der Waals surface area contributed by atoms with Gasteiger partial charge in [0.05, 0.1) is 0 Å². The van der Waals surface area contributed by atoms with Crippen LogP contribution in [0.2, 0.25) is 0 Å². The van der Waals surface area contributed by atoms with Crippen molar-refractivity contribution in [3.63, 3.8) is 0 Å². The quantitative estimate of drug-likeness (QED) is 0.165. The molecule has 0 amide bonds. The number of pyridine rings is 1. The smallest absolute Gasteiger partial charge is 0.0314 e. The number of hydrogen-bond acceptors (Lipinski definition) is 1. The van der Waals surface area contributed by atoms with Gasteiger partial charge in [-0.2, -0.15) is 0 Å². The summed E-state index contributed by atoms with van der Waals surface area (Å²) in [6, 6.07) is 29.0. The first-order valence-corrected chi connectivity index (χ1v) is 13.3. The number of fused-ring (bicyclic) bond motifs is 10. The van der Waals surface area contributed by atoms with Crippen LogP contribution < -0.4 is 0 Å². The normalized spacial score (nSPS) is 18.1. The summed E-state index contributed by atoms with van der Waals surface area (Å²) in [5, 5.41) is 0. The Morgan fingerprint density at radius 3 is 2.39 bits per heavy atom. The zero-order valence-corrected chi connectivity index (χ0v) is 24.1. The van der Waals surface area contributed by atoms with Crippen LogP contribution in [0.4, 0.5) is 0 Å². The number of rotatable bonds is 6. The zero-order valence-electron chi connectivity index (χ0n) is 21.7. The van der Waals surface area contributed by atoms with Gasteiger partial charge < -0.3 is 4.98 Å². The molecule has 0 bridgehead atoms. The second-order valence-electron chi connectivity index (χ2n) is 10.7. The Bertz CT molecular complexity index is 1370. The Kier molecular flexibility index (Phi) is 6.79. The molecule has 1 radical (unpaired) electrons.